The van der Waals surface area contributed by atoms with Gasteiger partial charge in [-0.25, -0.2) is 0 Å². The van der Waals surface area contributed by atoms with Crippen LogP contribution in [0.5, 0.6) is 5.75 Å². The van der Waals surface area contributed by atoms with Crippen molar-refractivity contribution in [3.8, 4) is 5.75 Å². The Morgan fingerprint density at radius 3 is 2.15 bits per heavy atom. The molecule has 0 atom stereocenters. The van der Waals surface area contributed by atoms with E-state index in [-0.39, 0.29) is 28.3 Å². The van der Waals surface area contributed by atoms with Crippen LogP contribution >= 0.6 is 0 Å². The van der Waals surface area contributed by atoms with E-state index in [9.17, 15) is 36.3 Å². The zero-order valence-corrected chi connectivity index (χ0v) is 14.3. The Kier molecular flexibility index (Phi) is 5.00. The molecule has 0 spiro atoms. The molecule has 0 aliphatic heterocycles. The van der Waals surface area contributed by atoms with E-state index in [1.807, 2.05) is 0 Å². The molecule has 0 radical (unpaired) electrons. The molecule has 10 heteroatoms. The largest absolute Gasteiger partial charge is 0.541 e. The van der Waals surface area contributed by atoms with Crippen molar-refractivity contribution in [2.24, 2.45) is 0 Å². The number of alkyl halides is 3. The number of halogens is 3. The van der Waals surface area contributed by atoms with Crippen molar-refractivity contribution < 1.29 is 40.5 Å². The van der Waals surface area contributed by atoms with Crippen LogP contribution in [0.1, 0.15) is 28.4 Å². The summed E-state index contributed by atoms with van der Waals surface area (Å²) in [6, 6.07) is 5.68. The number of hydrogen-bond donors (Lipinski definition) is 0. The van der Waals surface area contributed by atoms with Crippen molar-refractivity contribution in [2.75, 3.05) is 0 Å². The van der Waals surface area contributed by atoms with Gasteiger partial charge in [0, 0.05) is 16.5 Å². The Morgan fingerprint density at radius 1 is 1.15 bits per heavy atom. The number of benzene rings is 2. The molecule has 2 rings (SSSR count). The van der Waals surface area contributed by atoms with Gasteiger partial charge in [0.15, 0.2) is 5.75 Å². The van der Waals surface area contributed by atoms with Gasteiger partial charge in [0.05, 0.1) is 0 Å². The topological polar surface area (TPSA) is 101 Å². The van der Waals surface area contributed by atoms with Crippen molar-refractivity contribution in [1.82, 2.24) is 0 Å². The summed E-state index contributed by atoms with van der Waals surface area (Å²) in [6.07, 6.45) is 0.169. The summed E-state index contributed by atoms with van der Waals surface area (Å²) in [5.41, 5.74) is -6.23. The first-order valence-electron chi connectivity index (χ1n) is 7.23. The van der Waals surface area contributed by atoms with Crippen LogP contribution in [0.2, 0.25) is 0 Å². The number of aryl methyl sites for hydroxylation is 1. The van der Waals surface area contributed by atoms with E-state index < -0.39 is 38.7 Å². The minimum absolute atomic E-state index is 0.00423. The lowest BCUT2D eigenvalue weighted by atomic mass is 9.90. The molecule has 6 nitrogen and oxygen atoms in total. The highest BCUT2D eigenvalue weighted by Crippen LogP contribution is 2.39. The fraction of sp³-hybridized carbons (Fsp3) is 0.250. The summed E-state index contributed by atoms with van der Waals surface area (Å²) < 4.78 is 65.2. The molecule has 0 saturated carbocycles. The Labute approximate surface area is 146 Å². The Morgan fingerprint density at radius 2 is 1.69 bits per heavy atom. The lowest BCUT2D eigenvalue weighted by molar-refractivity contribution is -0.296. The molecule has 26 heavy (non-hydrogen) atoms. The highest BCUT2D eigenvalue weighted by molar-refractivity contribution is 7.88. The van der Waals surface area contributed by atoms with Gasteiger partial charge in [-0.05, 0) is 24.3 Å². The maximum atomic E-state index is 12.7. The predicted molar refractivity (Wildman–Crippen MR) is 83.0 cm³/mol. The Balaban J connectivity index is 2.93. The first-order valence-corrected chi connectivity index (χ1v) is 8.63. The highest BCUT2D eigenvalue weighted by atomic mass is 32.2. The lowest BCUT2D eigenvalue weighted by Crippen LogP contribution is -2.33. The molecule has 0 aliphatic rings. The minimum Gasteiger partial charge on any atom is -0.541 e. The van der Waals surface area contributed by atoms with Gasteiger partial charge < -0.3 is 14.1 Å². The third-order valence-corrected chi connectivity index (χ3v) is 4.71. The number of fused-ring (bicyclic) bond motifs is 1. The van der Waals surface area contributed by atoms with Crippen LogP contribution in [0.25, 0.3) is 10.8 Å². The van der Waals surface area contributed by atoms with Crippen LogP contribution in [0.4, 0.5) is 13.2 Å². The van der Waals surface area contributed by atoms with Crippen LogP contribution in [-0.2, 0) is 21.3 Å². The van der Waals surface area contributed by atoms with Crippen LogP contribution in [0.3, 0.4) is 0 Å². The summed E-state index contributed by atoms with van der Waals surface area (Å²) in [5.74, 6) is -4.29. The van der Waals surface area contributed by atoms with E-state index >= 15 is 0 Å². The molecule has 0 bridgehead atoms. The van der Waals surface area contributed by atoms with Gasteiger partial charge in [-0.3, -0.25) is 4.79 Å². The first kappa shape index (κ1) is 19.7. The molecule has 0 aromatic heterocycles. The zero-order chi connectivity index (χ0) is 19.9. The van der Waals surface area contributed by atoms with Crippen LogP contribution in [0, 0.1) is 6.92 Å². The Hall–Kier alpha value is -2.62. The van der Waals surface area contributed by atoms with E-state index in [2.05, 4.69) is 4.18 Å². The van der Waals surface area contributed by atoms with Crippen molar-refractivity contribution in [1.29, 1.82) is 0 Å². The second-order valence-corrected chi connectivity index (χ2v) is 6.84. The molecule has 0 unspecified atom stereocenters. The number of carboxylic acid groups (broad SMARTS) is 1. The molecular formula is C16H12F3O6S-. The number of carbonyl (C=O) groups is 2. The predicted octanol–water partition coefficient (Wildman–Crippen LogP) is 1.87. The van der Waals surface area contributed by atoms with Crippen LogP contribution < -0.4 is 9.29 Å². The number of Topliss-reactive ketones (excluding diaryl/α,β-unsaturated/α-hetero) is 1. The summed E-state index contributed by atoms with van der Waals surface area (Å²) in [5, 5.41) is 11.2. The number of hydrogen-bond acceptors (Lipinski definition) is 6. The number of ketones is 1. The lowest BCUT2D eigenvalue weighted by Gasteiger charge is -2.20. The zero-order valence-electron chi connectivity index (χ0n) is 13.5. The number of carboxylic acids is 1. The van der Waals surface area contributed by atoms with E-state index in [0.717, 1.165) is 6.92 Å². The maximum Gasteiger partial charge on any atom is 0.534 e. The molecule has 140 valence electrons. The van der Waals surface area contributed by atoms with Gasteiger partial charge in [0.25, 0.3) is 0 Å². The molecule has 0 N–H and O–H groups in total. The molecule has 0 saturated heterocycles. The quantitative estimate of drug-likeness (QED) is 0.335. The average molecular weight is 389 g/mol. The molecular weight excluding hydrogens is 377 g/mol. The van der Waals surface area contributed by atoms with E-state index in [1.165, 1.54) is 24.3 Å². The standard InChI is InChI=1S/C16H13F3O6S/c1-3-9-10-6-4-5-7-11(10)14(25-26(23,24)16(17,18)19)8(2)12(9)13(20)15(21)22/h4-7H,3H2,1-2H3,(H,21,22)/p-1. The molecule has 0 heterocycles. The normalized spacial score (nSPS) is 12.2. The van der Waals surface area contributed by atoms with Crippen molar-refractivity contribution in [3.05, 3.63) is 41.0 Å². The third kappa shape index (κ3) is 3.24. The minimum atomic E-state index is -6.02. The summed E-state index contributed by atoms with van der Waals surface area (Å²) in [7, 11) is -6.02. The molecule has 0 amide bonds. The average Bonchev–Trinajstić information content (AvgIpc) is 2.55. The van der Waals surface area contributed by atoms with Gasteiger partial charge in [-0.1, -0.05) is 31.2 Å². The molecule has 0 aliphatic carbocycles. The summed E-state index contributed by atoms with van der Waals surface area (Å²) in [6.45, 7) is 2.73. The van der Waals surface area contributed by atoms with Crippen LogP contribution in [-0.4, -0.2) is 25.7 Å². The van der Waals surface area contributed by atoms with Gasteiger partial charge in [-0.15, -0.1) is 0 Å². The van der Waals surface area contributed by atoms with Crippen molar-refractivity contribution >= 4 is 32.6 Å². The fourth-order valence-corrected chi connectivity index (χ4v) is 3.19. The molecule has 0 fully saturated rings. The summed E-state index contributed by atoms with van der Waals surface area (Å²) in [4.78, 5) is 23.0. The number of rotatable bonds is 5. The second-order valence-electron chi connectivity index (χ2n) is 5.31. The van der Waals surface area contributed by atoms with Crippen LogP contribution in [0.15, 0.2) is 24.3 Å². The van der Waals surface area contributed by atoms with Gasteiger partial charge in [-0.2, -0.15) is 21.6 Å². The van der Waals surface area contributed by atoms with E-state index in [0.29, 0.717) is 0 Å². The van der Waals surface area contributed by atoms with E-state index in [1.54, 1.807) is 6.92 Å². The Bertz CT molecular complexity index is 1010. The number of aliphatic carboxylic acids is 1. The van der Waals surface area contributed by atoms with Crippen molar-refractivity contribution in [3.63, 3.8) is 0 Å². The number of carbonyl (C=O) groups excluding carboxylic acids is 2. The van der Waals surface area contributed by atoms with Gasteiger partial charge in [0.2, 0.25) is 5.78 Å². The summed E-state index contributed by atoms with van der Waals surface area (Å²) >= 11 is 0. The second kappa shape index (κ2) is 6.60. The first-order chi connectivity index (χ1) is 11.9. The SMILES string of the molecule is CCc1c(C(=O)C(=O)[O-])c(C)c(OS(=O)(=O)C(F)(F)F)c2ccccc12. The monoisotopic (exact) mass is 389 g/mol. The van der Waals surface area contributed by atoms with Crippen molar-refractivity contribution in [2.45, 2.75) is 25.8 Å². The van der Waals surface area contributed by atoms with Gasteiger partial charge >= 0.3 is 15.6 Å². The molecule has 2 aromatic rings. The van der Waals surface area contributed by atoms with E-state index in [4.69, 9.17) is 0 Å². The molecule has 2 aromatic carbocycles. The smallest absolute Gasteiger partial charge is 0.534 e. The maximum absolute atomic E-state index is 12.7. The highest BCUT2D eigenvalue weighted by Gasteiger charge is 2.49. The fourth-order valence-electron chi connectivity index (χ4n) is 2.66. The third-order valence-electron chi connectivity index (χ3n) is 3.76. The van der Waals surface area contributed by atoms with Gasteiger partial charge in [0.1, 0.15) is 5.97 Å².